The summed E-state index contributed by atoms with van der Waals surface area (Å²) in [5.74, 6) is 0.767. The summed E-state index contributed by atoms with van der Waals surface area (Å²) in [6.07, 6.45) is 0.755. The summed E-state index contributed by atoms with van der Waals surface area (Å²) in [7, 11) is 0. The number of halogens is 2. The van der Waals surface area contributed by atoms with Crippen LogP contribution in [0.1, 0.15) is 23.6 Å². The van der Waals surface area contributed by atoms with Gasteiger partial charge in [-0.2, -0.15) is 0 Å². The molecule has 0 amide bonds. The molecule has 2 aromatic carbocycles. The van der Waals surface area contributed by atoms with Crippen LogP contribution in [0.25, 0.3) is 11.0 Å². The highest BCUT2D eigenvalue weighted by Gasteiger charge is 2.24. The predicted octanol–water partition coefficient (Wildman–Crippen LogP) is 5.33. The smallest absolute Gasteiger partial charge is 0.336 e. The molecule has 3 aromatic rings. The van der Waals surface area contributed by atoms with Crippen molar-refractivity contribution in [3.8, 4) is 5.75 Å². The third-order valence-electron chi connectivity index (χ3n) is 4.76. The van der Waals surface area contributed by atoms with E-state index in [1.165, 1.54) is 0 Å². The molecule has 1 aliphatic heterocycles. The lowest BCUT2D eigenvalue weighted by molar-refractivity contribution is 0.287. The third-order valence-corrected chi connectivity index (χ3v) is 5.56. The Bertz CT molecular complexity index is 1070. The van der Waals surface area contributed by atoms with Crippen LogP contribution in [0.3, 0.4) is 0 Å². The quantitative estimate of drug-likeness (QED) is 0.555. The van der Waals surface area contributed by atoms with Gasteiger partial charge in [-0.25, -0.2) is 4.79 Å². The molecule has 0 saturated heterocycles. The van der Waals surface area contributed by atoms with E-state index in [9.17, 15) is 4.79 Å². The molecule has 1 aliphatic rings. The van der Waals surface area contributed by atoms with Gasteiger partial charge in [0.1, 0.15) is 11.3 Å². The van der Waals surface area contributed by atoms with Crippen molar-refractivity contribution in [2.45, 2.75) is 26.8 Å². The van der Waals surface area contributed by atoms with Crippen molar-refractivity contribution in [3.05, 3.63) is 67.5 Å². The minimum Gasteiger partial charge on any atom is -0.472 e. The van der Waals surface area contributed by atoms with Crippen LogP contribution in [0.15, 0.2) is 39.5 Å². The Morgan fingerprint density at radius 1 is 1.23 bits per heavy atom. The molecule has 26 heavy (non-hydrogen) atoms. The van der Waals surface area contributed by atoms with Gasteiger partial charge in [0.25, 0.3) is 0 Å². The maximum atomic E-state index is 11.8. The van der Waals surface area contributed by atoms with Gasteiger partial charge in [0.15, 0.2) is 6.73 Å². The van der Waals surface area contributed by atoms with Crippen molar-refractivity contribution in [2.24, 2.45) is 0 Å². The highest BCUT2D eigenvalue weighted by Crippen LogP contribution is 2.39. The molecule has 0 atom stereocenters. The molecule has 4 nitrogen and oxygen atoms in total. The van der Waals surface area contributed by atoms with Crippen LogP contribution >= 0.6 is 23.2 Å². The van der Waals surface area contributed by atoms with Crippen molar-refractivity contribution < 1.29 is 9.15 Å². The molecule has 0 saturated carbocycles. The monoisotopic (exact) mass is 389 g/mol. The van der Waals surface area contributed by atoms with Gasteiger partial charge in [-0.3, -0.25) is 0 Å². The highest BCUT2D eigenvalue weighted by atomic mass is 35.5. The van der Waals surface area contributed by atoms with Crippen molar-refractivity contribution >= 4 is 39.9 Å². The standard InChI is InChI=1S/C20H17Cl2NO3/c1-3-12-8-17(24)26-20-11(2)19-13(7-14(12)20)9-23(10-25-19)16-6-4-5-15(21)18(16)22/h4-8H,3,9-10H2,1-2H3. The number of fused-ring (bicyclic) bond motifs is 2. The zero-order valence-electron chi connectivity index (χ0n) is 14.4. The van der Waals surface area contributed by atoms with E-state index in [1.807, 2.05) is 36.9 Å². The van der Waals surface area contributed by atoms with Crippen LogP contribution in [0.4, 0.5) is 5.69 Å². The Kier molecular flexibility index (Phi) is 4.33. The second-order valence-corrected chi connectivity index (χ2v) is 7.14. The average molecular weight is 390 g/mol. The van der Waals surface area contributed by atoms with Gasteiger partial charge in [0.05, 0.1) is 15.7 Å². The zero-order valence-corrected chi connectivity index (χ0v) is 15.9. The van der Waals surface area contributed by atoms with Crippen LogP contribution in [0.5, 0.6) is 5.75 Å². The number of ether oxygens (including phenoxy) is 1. The molecule has 0 bridgehead atoms. The summed E-state index contributed by atoms with van der Waals surface area (Å²) in [4.78, 5) is 13.9. The fourth-order valence-electron chi connectivity index (χ4n) is 3.47. The molecular formula is C20H17Cl2NO3. The lowest BCUT2D eigenvalue weighted by atomic mass is 9.99. The van der Waals surface area contributed by atoms with E-state index in [4.69, 9.17) is 32.4 Å². The molecule has 0 N–H and O–H groups in total. The van der Waals surface area contributed by atoms with Gasteiger partial charge in [-0.05, 0) is 37.1 Å². The molecule has 2 heterocycles. The van der Waals surface area contributed by atoms with Crippen LogP contribution in [0.2, 0.25) is 10.0 Å². The number of nitrogens with zero attached hydrogens (tertiary/aromatic N) is 1. The minimum atomic E-state index is -0.333. The number of hydrogen-bond acceptors (Lipinski definition) is 4. The molecule has 0 radical (unpaired) electrons. The lowest BCUT2D eigenvalue weighted by Gasteiger charge is -2.32. The van der Waals surface area contributed by atoms with E-state index in [2.05, 4.69) is 0 Å². The number of rotatable bonds is 2. The van der Waals surface area contributed by atoms with Gasteiger partial charge < -0.3 is 14.1 Å². The van der Waals surface area contributed by atoms with Crippen LogP contribution < -0.4 is 15.3 Å². The van der Waals surface area contributed by atoms with Gasteiger partial charge in [0, 0.05) is 29.1 Å². The summed E-state index contributed by atoms with van der Waals surface area (Å²) in [5.41, 5.74) is 3.95. The van der Waals surface area contributed by atoms with Gasteiger partial charge in [0.2, 0.25) is 0 Å². The normalized spacial score (nSPS) is 13.6. The molecular weight excluding hydrogens is 373 g/mol. The summed E-state index contributed by atoms with van der Waals surface area (Å²) in [6, 6.07) is 9.16. The first-order valence-corrected chi connectivity index (χ1v) is 9.16. The molecule has 0 unspecified atom stereocenters. The number of hydrogen-bond donors (Lipinski definition) is 0. The second-order valence-electron chi connectivity index (χ2n) is 6.36. The summed E-state index contributed by atoms with van der Waals surface area (Å²) < 4.78 is 11.5. The SMILES string of the molecule is CCc1cc(=O)oc2c(C)c3c(cc12)CN(c1cccc(Cl)c1Cl)CO3. The first kappa shape index (κ1) is 17.3. The summed E-state index contributed by atoms with van der Waals surface area (Å²) in [6.45, 7) is 4.93. The first-order valence-electron chi connectivity index (χ1n) is 8.40. The minimum absolute atomic E-state index is 0.333. The Labute approximate surface area is 160 Å². The van der Waals surface area contributed by atoms with E-state index in [1.54, 1.807) is 12.1 Å². The Hall–Kier alpha value is -2.17. The molecule has 1 aromatic heterocycles. The van der Waals surface area contributed by atoms with Gasteiger partial charge in [-0.15, -0.1) is 0 Å². The molecule has 134 valence electrons. The van der Waals surface area contributed by atoms with Gasteiger partial charge in [-0.1, -0.05) is 36.2 Å². The van der Waals surface area contributed by atoms with Crippen LogP contribution in [0, 0.1) is 6.92 Å². The van der Waals surface area contributed by atoms with E-state index in [0.29, 0.717) is 28.9 Å². The van der Waals surface area contributed by atoms with Crippen molar-refractivity contribution in [3.63, 3.8) is 0 Å². The molecule has 0 spiro atoms. The number of aryl methyl sites for hydroxylation is 2. The van der Waals surface area contributed by atoms with Crippen molar-refractivity contribution in [1.29, 1.82) is 0 Å². The van der Waals surface area contributed by atoms with Crippen molar-refractivity contribution in [1.82, 2.24) is 0 Å². The molecule has 6 heteroatoms. The van der Waals surface area contributed by atoms with E-state index in [0.717, 1.165) is 39.9 Å². The largest absolute Gasteiger partial charge is 0.472 e. The van der Waals surface area contributed by atoms with E-state index in [-0.39, 0.29) is 5.63 Å². The third kappa shape index (κ3) is 2.74. The fraction of sp³-hybridized carbons (Fsp3) is 0.250. The molecule has 0 fully saturated rings. The second kappa shape index (κ2) is 6.53. The maximum Gasteiger partial charge on any atom is 0.336 e. The summed E-state index contributed by atoms with van der Waals surface area (Å²) >= 11 is 12.5. The Morgan fingerprint density at radius 2 is 2.04 bits per heavy atom. The van der Waals surface area contributed by atoms with Crippen LogP contribution in [-0.2, 0) is 13.0 Å². The number of benzene rings is 2. The lowest BCUT2D eigenvalue weighted by Crippen LogP contribution is -2.32. The van der Waals surface area contributed by atoms with Crippen LogP contribution in [-0.4, -0.2) is 6.73 Å². The van der Waals surface area contributed by atoms with Crippen molar-refractivity contribution in [2.75, 3.05) is 11.6 Å². The first-order chi connectivity index (χ1) is 12.5. The van der Waals surface area contributed by atoms with E-state index >= 15 is 0 Å². The summed E-state index contributed by atoms with van der Waals surface area (Å²) in [5, 5.41) is 1.98. The Balaban J connectivity index is 1.85. The number of anilines is 1. The topological polar surface area (TPSA) is 42.7 Å². The zero-order chi connectivity index (χ0) is 18.4. The molecule has 0 aliphatic carbocycles. The highest BCUT2D eigenvalue weighted by molar-refractivity contribution is 6.43. The molecule has 4 rings (SSSR count). The van der Waals surface area contributed by atoms with E-state index < -0.39 is 0 Å². The van der Waals surface area contributed by atoms with Gasteiger partial charge >= 0.3 is 5.63 Å². The predicted molar refractivity (Wildman–Crippen MR) is 105 cm³/mol. The Morgan fingerprint density at radius 3 is 2.81 bits per heavy atom. The fourth-order valence-corrected chi connectivity index (χ4v) is 3.88. The average Bonchev–Trinajstić information content (AvgIpc) is 2.64. The maximum absolute atomic E-state index is 11.8.